The van der Waals surface area contributed by atoms with E-state index in [0.717, 1.165) is 5.56 Å². The van der Waals surface area contributed by atoms with Crippen LogP contribution in [0, 0.1) is 0 Å². The quantitative estimate of drug-likeness (QED) is 0.323. The van der Waals surface area contributed by atoms with Crippen molar-refractivity contribution in [3.8, 4) is 0 Å². The summed E-state index contributed by atoms with van der Waals surface area (Å²) in [7, 11) is 0. The van der Waals surface area contributed by atoms with Gasteiger partial charge in [0.15, 0.2) is 22.1 Å². The molecule has 5 heterocycles. The molecule has 0 aliphatic carbocycles. The summed E-state index contributed by atoms with van der Waals surface area (Å²) in [5, 5.41) is 14.2. The van der Waals surface area contributed by atoms with Gasteiger partial charge in [0.05, 0.1) is 19.2 Å². The first-order chi connectivity index (χ1) is 15.3. The second kappa shape index (κ2) is 7.40. The molecule has 11 nitrogen and oxygen atoms in total. The maximum absolute atomic E-state index is 13.2. The van der Waals surface area contributed by atoms with E-state index in [-0.39, 0.29) is 34.1 Å². The molecule has 0 amide bonds. The second-order valence-electron chi connectivity index (χ2n) is 7.77. The Bertz CT molecular complexity index is 1330. The smallest absolute Gasteiger partial charge is 0.325 e. The normalized spacial score (nSPS) is 33.8. The zero-order chi connectivity index (χ0) is 22.2. The average Bonchev–Trinajstić information content (AvgIpc) is 3.43. The minimum atomic E-state index is -3.43. The van der Waals surface area contributed by atoms with Gasteiger partial charge in [0.1, 0.15) is 18.3 Å². The zero-order valence-corrected chi connectivity index (χ0v) is 19.5. The molecule has 0 saturated carbocycles. The van der Waals surface area contributed by atoms with Gasteiger partial charge >= 0.3 is 6.72 Å². The lowest BCUT2D eigenvalue weighted by Gasteiger charge is -2.30. The van der Waals surface area contributed by atoms with Gasteiger partial charge in [0.25, 0.3) is 5.56 Å². The molecule has 3 aromatic rings. The van der Waals surface area contributed by atoms with E-state index in [1.165, 1.54) is 4.57 Å². The first-order valence-corrected chi connectivity index (χ1v) is 13.2. The highest BCUT2D eigenvalue weighted by molar-refractivity contribution is 9.10. The van der Waals surface area contributed by atoms with Crippen LogP contribution in [0.4, 0.5) is 5.95 Å². The number of ether oxygens (including phenoxy) is 1. The fraction of sp³-hybridized carbons (Fsp3) is 0.389. The number of aliphatic hydroxyl groups is 1. The van der Waals surface area contributed by atoms with Gasteiger partial charge in [0.2, 0.25) is 5.95 Å². The minimum Gasteiger partial charge on any atom is -0.386 e. The molecule has 2 aromatic heterocycles. The molecule has 0 radical (unpaired) electrons. The van der Waals surface area contributed by atoms with Crippen LogP contribution in [0.15, 0.2) is 39.9 Å². The van der Waals surface area contributed by atoms with Crippen LogP contribution in [0.2, 0.25) is 0 Å². The van der Waals surface area contributed by atoms with Crippen LogP contribution >= 0.6 is 22.6 Å². The molecule has 6 atom stereocenters. The highest BCUT2D eigenvalue weighted by atomic mass is 79.9. The molecule has 14 heteroatoms. The molecule has 6 rings (SSSR count). The van der Waals surface area contributed by atoms with Crippen LogP contribution in [0.25, 0.3) is 11.2 Å². The summed E-state index contributed by atoms with van der Waals surface area (Å²) < 4.78 is 19.8. The van der Waals surface area contributed by atoms with Crippen molar-refractivity contribution in [3.05, 3.63) is 51.0 Å². The average molecular weight is 542 g/mol. The van der Waals surface area contributed by atoms with E-state index in [9.17, 15) is 14.8 Å². The van der Waals surface area contributed by atoms with Gasteiger partial charge < -0.3 is 24.6 Å². The molecule has 2 unspecified atom stereocenters. The monoisotopic (exact) mass is 541 g/mol. The number of benzene rings is 1. The summed E-state index contributed by atoms with van der Waals surface area (Å²) in [4.78, 5) is 32.1. The largest absolute Gasteiger partial charge is 0.386 e. The van der Waals surface area contributed by atoms with E-state index in [1.54, 1.807) is 4.57 Å². The van der Waals surface area contributed by atoms with E-state index in [0.29, 0.717) is 12.5 Å². The van der Waals surface area contributed by atoms with Gasteiger partial charge in [-0.25, -0.2) is 4.98 Å². The summed E-state index contributed by atoms with van der Waals surface area (Å²) in [6.45, 7) is -3.03. The number of fused-ring (bicyclic) bond motifs is 3. The Hall–Kier alpha value is -1.70. The third kappa shape index (κ3) is 3.19. The number of rotatable bonds is 2. The fourth-order valence-electron chi connectivity index (χ4n) is 4.34. The fourth-order valence-corrected chi connectivity index (χ4v) is 6.34. The number of nitrogens with one attached hydrogen (secondary N) is 1. The Kier molecular flexibility index (Phi) is 4.83. The summed E-state index contributed by atoms with van der Waals surface area (Å²) >= 11 is 8.26. The van der Waals surface area contributed by atoms with Crippen molar-refractivity contribution in [3.63, 3.8) is 0 Å². The number of halogens is 1. The molecular formula is C18H17BrN5O6PS. The van der Waals surface area contributed by atoms with E-state index in [4.69, 9.17) is 25.6 Å². The molecule has 2 fully saturated rings. The zero-order valence-electron chi connectivity index (χ0n) is 16.2. The Balaban J connectivity index is 1.40. The number of aromatic nitrogens is 4. The Morgan fingerprint density at radius 2 is 2.06 bits per heavy atom. The van der Waals surface area contributed by atoms with E-state index >= 15 is 0 Å². The molecule has 0 spiro atoms. The number of aliphatic hydroxyl groups excluding tert-OH is 1. The lowest BCUT2D eigenvalue weighted by molar-refractivity contribution is -0.0600. The number of nitrogens with zero attached hydrogens (tertiary/aromatic N) is 4. The number of hydrogen-bond acceptors (Lipinski definition) is 9. The van der Waals surface area contributed by atoms with Crippen LogP contribution < -0.4 is 10.9 Å². The molecule has 1 aromatic carbocycles. The Morgan fingerprint density at radius 3 is 2.84 bits per heavy atom. The second-order valence-corrected chi connectivity index (χ2v) is 11.3. The van der Waals surface area contributed by atoms with Gasteiger partial charge in [0, 0.05) is 0 Å². The van der Waals surface area contributed by atoms with Crippen molar-refractivity contribution in [1.29, 1.82) is 0 Å². The minimum absolute atomic E-state index is 0.0119. The Labute approximate surface area is 194 Å². The number of anilines is 1. The first kappa shape index (κ1) is 20.9. The number of imidazole rings is 1. The highest BCUT2D eigenvalue weighted by Gasteiger charge is 2.52. The van der Waals surface area contributed by atoms with Gasteiger partial charge in [-0.05, 0) is 33.3 Å². The first-order valence-electron chi connectivity index (χ1n) is 9.81. The molecule has 32 heavy (non-hydrogen) atoms. The summed E-state index contributed by atoms with van der Waals surface area (Å²) in [5.74, 6) is 0.403. The third-order valence-electron chi connectivity index (χ3n) is 5.85. The van der Waals surface area contributed by atoms with E-state index in [2.05, 4.69) is 31.2 Å². The van der Waals surface area contributed by atoms with E-state index < -0.39 is 31.3 Å². The third-order valence-corrected chi connectivity index (χ3v) is 7.97. The number of hydrogen-bond donors (Lipinski definition) is 3. The maximum Gasteiger partial charge on any atom is 0.325 e. The van der Waals surface area contributed by atoms with Gasteiger partial charge in [-0.1, -0.05) is 30.3 Å². The van der Waals surface area contributed by atoms with Crippen molar-refractivity contribution >= 4 is 51.6 Å². The summed E-state index contributed by atoms with van der Waals surface area (Å²) in [6, 6.07) is 9.68. The molecule has 3 N–H and O–H groups in total. The summed E-state index contributed by atoms with van der Waals surface area (Å²) in [5.41, 5.74) is 1.13. The van der Waals surface area contributed by atoms with Gasteiger partial charge in [-0.3, -0.25) is 18.5 Å². The van der Waals surface area contributed by atoms with Crippen molar-refractivity contribution in [2.24, 2.45) is 0 Å². The lowest BCUT2D eigenvalue weighted by Crippen LogP contribution is -2.39. The highest BCUT2D eigenvalue weighted by Crippen LogP contribution is 2.53. The lowest BCUT2D eigenvalue weighted by atomic mass is 10.1. The van der Waals surface area contributed by atoms with Crippen LogP contribution in [0.1, 0.15) is 17.8 Å². The van der Waals surface area contributed by atoms with Crippen LogP contribution in [-0.4, -0.2) is 54.0 Å². The van der Waals surface area contributed by atoms with E-state index in [1.807, 2.05) is 30.3 Å². The molecule has 3 aliphatic rings. The Morgan fingerprint density at radius 1 is 1.28 bits per heavy atom. The topological polar surface area (TPSA) is 133 Å². The van der Waals surface area contributed by atoms with Crippen LogP contribution in [-0.2, 0) is 32.1 Å². The van der Waals surface area contributed by atoms with Crippen molar-refractivity contribution in [2.45, 2.75) is 37.1 Å². The standard InChI is InChI=1S/C18H17BrN5O6PS/c19-17-21-11-14(24(17)16-12(25)13-10(29-16)7-28-31(27,32)30-13)22-18-20-9(6-23(18)15(11)26)8-4-2-1-3-5-8/h1-5,9-10,12-13,16,25H,6-7H2,(H,20,22)(H,27,32)/t9?,10-,12-,13-,16-,31?/m1/s1. The van der Waals surface area contributed by atoms with Crippen molar-refractivity contribution in [2.75, 3.05) is 11.9 Å². The predicted molar refractivity (Wildman–Crippen MR) is 120 cm³/mol. The SMILES string of the molecule is O=c1c2nc(Br)n([C@@H]3O[C@@H]4COP(O)(=S)O[C@H]4[C@H]3O)c2nc2n1CC(c1ccccc1)N2. The van der Waals surface area contributed by atoms with Crippen LogP contribution in [0.3, 0.4) is 0 Å². The van der Waals surface area contributed by atoms with Gasteiger partial charge in [-0.15, -0.1) is 0 Å². The molecular weight excluding hydrogens is 525 g/mol. The van der Waals surface area contributed by atoms with Gasteiger partial charge in [-0.2, -0.15) is 4.98 Å². The van der Waals surface area contributed by atoms with Crippen LogP contribution in [0.5, 0.6) is 0 Å². The summed E-state index contributed by atoms with van der Waals surface area (Å²) in [6.07, 6.45) is -3.67. The van der Waals surface area contributed by atoms with Crippen molar-refractivity contribution < 1.29 is 23.8 Å². The molecule has 3 aliphatic heterocycles. The van der Waals surface area contributed by atoms with Crippen molar-refractivity contribution in [1.82, 2.24) is 19.1 Å². The molecule has 0 bridgehead atoms. The molecule has 168 valence electrons. The maximum atomic E-state index is 13.2. The predicted octanol–water partition coefficient (Wildman–Crippen LogP) is 1.41. The molecule has 2 saturated heterocycles.